The van der Waals surface area contributed by atoms with E-state index in [2.05, 4.69) is 15.3 Å². The van der Waals surface area contributed by atoms with E-state index in [4.69, 9.17) is 13.8 Å². The summed E-state index contributed by atoms with van der Waals surface area (Å²) in [5.41, 5.74) is 0.404. The second-order valence-electron chi connectivity index (χ2n) is 6.94. The molecular formula is C16H18N4O4. The number of hydrogen-bond donors (Lipinski definition) is 0. The molecule has 4 heterocycles. The fourth-order valence-corrected chi connectivity index (χ4v) is 3.64. The standard InChI is InChI=1S/C16H18N4O4/c1-8-17-15(24-18-8)13-4-10-6-20(7-14(10)22-13)16(21)11-5-12(23-19-11)9-2-3-9/h5,9-10,13-14H,2-4,6-7H2,1H3/t10-,13-,14+/m0/s1. The van der Waals surface area contributed by atoms with Crippen LogP contribution in [0.4, 0.5) is 0 Å². The summed E-state index contributed by atoms with van der Waals surface area (Å²) < 4.78 is 16.5. The number of nitrogens with zero attached hydrogens (tertiary/aromatic N) is 4. The molecule has 0 bridgehead atoms. The second kappa shape index (κ2) is 5.14. The van der Waals surface area contributed by atoms with Crippen LogP contribution >= 0.6 is 0 Å². The van der Waals surface area contributed by atoms with Crippen LogP contribution in [-0.4, -0.2) is 45.3 Å². The Morgan fingerprint density at radius 1 is 1.25 bits per heavy atom. The van der Waals surface area contributed by atoms with Crippen LogP contribution in [0.25, 0.3) is 0 Å². The van der Waals surface area contributed by atoms with Gasteiger partial charge in [0.2, 0.25) is 0 Å². The third-order valence-electron chi connectivity index (χ3n) is 5.07. The molecule has 24 heavy (non-hydrogen) atoms. The van der Waals surface area contributed by atoms with Crippen molar-refractivity contribution in [3.05, 3.63) is 29.2 Å². The molecule has 1 amide bonds. The Morgan fingerprint density at radius 2 is 2.12 bits per heavy atom. The second-order valence-corrected chi connectivity index (χ2v) is 6.94. The van der Waals surface area contributed by atoms with Gasteiger partial charge in [0.15, 0.2) is 11.5 Å². The van der Waals surface area contributed by atoms with E-state index in [9.17, 15) is 4.79 Å². The molecular weight excluding hydrogens is 312 g/mol. The number of carbonyl (C=O) groups is 1. The maximum absolute atomic E-state index is 12.6. The average molecular weight is 330 g/mol. The van der Waals surface area contributed by atoms with Crippen LogP contribution in [-0.2, 0) is 4.74 Å². The van der Waals surface area contributed by atoms with Gasteiger partial charge in [-0.25, -0.2) is 0 Å². The van der Waals surface area contributed by atoms with Crippen LogP contribution < -0.4 is 0 Å². The first-order chi connectivity index (χ1) is 11.7. The number of aryl methyl sites for hydroxylation is 1. The van der Waals surface area contributed by atoms with Crippen LogP contribution in [0.1, 0.15) is 59.2 Å². The Morgan fingerprint density at radius 3 is 2.83 bits per heavy atom. The quantitative estimate of drug-likeness (QED) is 0.847. The van der Waals surface area contributed by atoms with Gasteiger partial charge in [-0.3, -0.25) is 4.79 Å². The largest absolute Gasteiger partial charge is 0.363 e. The molecule has 3 atom stereocenters. The number of amides is 1. The van der Waals surface area contributed by atoms with Crippen molar-refractivity contribution in [2.75, 3.05) is 13.1 Å². The minimum absolute atomic E-state index is 0.0148. The summed E-state index contributed by atoms with van der Waals surface area (Å²) in [5, 5.41) is 7.75. The maximum Gasteiger partial charge on any atom is 0.276 e. The summed E-state index contributed by atoms with van der Waals surface area (Å²) >= 11 is 0. The molecule has 0 aromatic carbocycles. The number of ether oxygens (including phenoxy) is 1. The van der Waals surface area contributed by atoms with Crippen molar-refractivity contribution < 1.29 is 18.6 Å². The van der Waals surface area contributed by atoms with Crippen molar-refractivity contribution in [1.29, 1.82) is 0 Å². The van der Waals surface area contributed by atoms with Gasteiger partial charge in [0.05, 0.1) is 6.10 Å². The van der Waals surface area contributed by atoms with Gasteiger partial charge >= 0.3 is 0 Å². The van der Waals surface area contributed by atoms with E-state index in [-0.39, 0.29) is 18.1 Å². The van der Waals surface area contributed by atoms with E-state index in [1.165, 1.54) is 0 Å². The third-order valence-corrected chi connectivity index (χ3v) is 5.07. The molecule has 3 aliphatic rings. The molecule has 1 aliphatic carbocycles. The topological polar surface area (TPSA) is 94.5 Å². The Kier molecular flexibility index (Phi) is 3.03. The van der Waals surface area contributed by atoms with Gasteiger partial charge in [-0.2, -0.15) is 4.98 Å². The van der Waals surface area contributed by atoms with E-state index in [1.54, 1.807) is 17.9 Å². The molecule has 2 aromatic rings. The SMILES string of the molecule is Cc1noc([C@@H]2C[C@H]3CN(C(=O)c4cc(C5CC5)on4)C[C@H]3O2)n1. The van der Waals surface area contributed by atoms with E-state index in [0.717, 1.165) is 25.0 Å². The molecule has 3 fully saturated rings. The molecule has 0 N–H and O–H groups in total. The maximum atomic E-state index is 12.6. The molecule has 0 spiro atoms. The Balaban J connectivity index is 1.24. The summed E-state index contributed by atoms with van der Waals surface area (Å²) in [7, 11) is 0. The van der Waals surface area contributed by atoms with Gasteiger partial charge in [0.25, 0.3) is 11.8 Å². The summed E-state index contributed by atoms with van der Waals surface area (Å²) in [6, 6.07) is 1.79. The summed E-state index contributed by atoms with van der Waals surface area (Å²) in [6.45, 7) is 3.02. The van der Waals surface area contributed by atoms with Crippen LogP contribution in [0.3, 0.4) is 0 Å². The van der Waals surface area contributed by atoms with Gasteiger partial charge in [-0.05, 0) is 26.2 Å². The minimum Gasteiger partial charge on any atom is -0.363 e. The van der Waals surface area contributed by atoms with Crippen molar-refractivity contribution >= 4 is 5.91 Å². The zero-order valence-corrected chi connectivity index (χ0v) is 13.3. The Labute approximate surface area is 138 Å². The van der Waals surface area contributed by atoms with E-state index in [1.807, 2.05) is 0 Å². The number of hydrogen-bond acceptors (Lipinski definition) is 7. The highest BCUT2D eigenvalue weighted by Crippen LogP contribution is 2.42. The average Bonchev–Trinajstić information content (AvgIpc) is 2.98. The van der Waals surface area contributed by atoms with Crippen molar-refractivity contribution in [1.82, 2.24) is 20.2 Å². The van der Waals surface area contributed by atoms with Crippen molar-refractivity contribution in [3.63, 3.8) is 0 Å². The van der Waals surface area contributed by atoms with Gasteiger partial charge in [-0.1, -0.05) is 10.3 Å². The monoisotopic (exact) mass is 330 g/mol. The molecule has 2 saturated heterocycles. The fraction of sp³-hybridized carbons (Fsp3) is 0.625. The summed E-state index contributed by atoms with van der Waals surface area (Å²) in [5.74, 6) is 2.65. The Bertz CT molecular complexity index is 767. The number of rotatable bonds is 3. The van der Waals surface area contributed by atoms with Crippen molar-refractivity contribution in [2.45, 2.75) is 44.3 Å². The molecule has 126 valence electrons. The summed E-state index contributed by atoms with van der Waals surface area (Å²) in [4.78, 5) is 18.6. The first-order valence-electron chi connectivity index (χ1n) is 8.39. The van der Waals surface area contributed by atoms with Crippen molar-refractivity contribution in [3.8, 4) is 0 Å². The number of carbonyl (C=O) groups excluding carboxylic acids is 1. The zero-order valence-electron chi connectivity index (χ0n) is 13.3. The predicted octanol–water partition coefficient (Wildman–Crippen LogP) is 1.85. The molecule has 0 unspecified atom stereocenters. The van der Waals surface area contributed by atoms with E-state index in [0.29, 0.717) is 42.3 Å². The van der Waals surface area contributed by atoms with Gasteiger partial charge < -0.3 is 18.7 Å². The van der Waals surface area contributed by atoms with Gasteiger partial charge in [0.1, 0.15) is 11.9 Å². The molecule has 0 radical (unpaired) electrons. The van der Waals surface area contributed by atoms with Crippen LogP contribution in [0.15, 0.2) is 15.1 Å². The highest BCUT2D eigenvalue weighted by molar-refractivity contribution is 5.92. The molecule has 5 rings (SSSR count). The van der Waals surface area contributed by atoms with Gasteiger partial charge in [0, 0.05) is 31.0 Å². The number of fused-ring (bicyclic) bond motifs is 1. The molecule has 8 heteroatoms. The lowest BCUT2D eigenvalue weighted by molar-refractivity contribution is 0.0198. The molecule has 8 nitrogen and oxygen atoms in total. The lowest BCUT2D eigenvalue weighted by Gasteiger charge is -2.16. The van der Waals surface area contributed by atoms with Crippen LogP contribution in [0.2, 0.25) is 0 Å². The first-order valence-corrected chi connectivity index (χ1v) is 8.39. The molecule has 2 aliphatic heterocycles. The van der Waals surface area contributed by atoms with E-state index < -0.39 is 0 Å². The summed E-state index contributed by atoms with van der Waals surface area (Å²) in [6.07, 6.45) is 2.90. The normalized spacial score (nSPS) is 29.2. The fourth-order valence-electron chi connectivity index (χ4n) is 3.64. The number of aromatic nitrogens is 3. The first kappa shape index (κ1) is 14.2. The molecule has 1 saturated carbocycles. The van der Waals surface area contributed by atoms with Crippen molar-refractivity contribution in [2.24, 2.45) is 5.92 Å². The lowest BCUT2D eigenvalue weighted by Crippen LogP contribution is -2.31. The molecule has 2 aromatic heterocycles. The highest BCUT2D eigenvalue weighted by Gasteiger charge is 2.46. The van der Waals surface area contributed by atoms with Crippen LogP contribution in [0, 0.1) is 12.8 Å². The highest BCUT2D eigenvalue weighted by atomic mass is 16.5. The minimum atomic E-state index is -0.160. The lowest BCUT2D eigenvalue weighted by atomic mass is 10.0. The smallest absolute Gasteiger partial charge is 0.276 e. The number of likely N-dealkylation sites (tertiary alicyclic amines) is 1. The van der Waals surface area contributed by atoms with E-state index >= 15 is 0 Å². The predicted molar refractivity (Wildman–Crippen MR) is 79.1 cm³/mol. The van der Waals surface area contributed by atoms with Gasteiger partial charge in [-0.15, -0.1) is 0 Å². The third kappa shape index (κ3) is 2.32. The Hall–Kier alpha value is -2.22. The zero-order chi connectivity index (χ0) is 16.3. The van der Waals surface area contributed by atoms with Crippen LogP contribution in [0.5, 0.6) is 0 Å².